The minimum absolute atomic E-state index is 0.202. The third-order valence-corrected chi connectivity index (χ3v) is 4.05. The zero-order valence-electron chi connectivity index (χ0n) is 12.4. The highest BCUT2D eigenvalue weighted by molar-refractivity contribution is 7.19. The molecule has 2 N–H and O–H groups in total. The molecule has 0 bridgehead atoms. The van der Waals surface area contributed by atoms with E-state index in [1.165, 1.54) is 23.5 Å². The third kappa shape index (κ3) is 3.89. The zero-order chi connectivity index (χ0) is 16.2. The van der Waals surface area contributed by atoms with E-state index in [1.54, 1.807) is 13.0 Å². The minimum atomic E-state index is -0.260. The van der Waals surface area contributed by atoms with Gasteiger partial charge >= 0.3 is 0 Å². The summed E-state index contributed by atoms with van der Waals surface area (Å²) in [5, 5.41) is 3.46. The number of benzene rings is 1. The first kappa shape index (κ1) is 15.1. The fourth-order valence-electron chi connectivity index (χ4n) is 2.08. The van der Waals surface area contributed by atoms with Crippen molar-refractivity contribution in [2.45, 2.75) is 13.5 Å². The van der Waals surface area contributed by atoms with Crippen LogP contribution in [0, 0.1) is 6.92 Å². The number of aryl methyl sites for hydroxylation is 1. The normalized spacial score (nSPS) is 11.2. The molecule has 0 unspecified atom stereocenters. The second-order valence-corrected chi connectivity index (χ2v) is 5.96. The highest BCUT2D eigenvalue weighted by Crippen LogP contribution is 2.22. The van der Waals surface area contributed by atoms with E-state index in [-0.39, 0.29) is 18.0 Å². The Labute approximate surface area is 135 Å². The fourth-order valence-corrected chi connectivity index (χ4v) is 2.95. The summed E-state index contributed by atoms with van der Waals surface area (Å²) < 4.78 is 1.08. The number of hydrogen-bond acceptors (Lipinski definition) is 5. The van der Waals surface area contributed by atoms with Crippen LogP contribution < -0.4 is 10.9 Å². The number of fused-ring (bicyclic) bond motifs is 1. The van der Waals surface area contributed by atoms with E-state index in [0.29, 0.717) is 11.5 Å². The summed E-state index contributed by atoms with van der Waals surface area (Å²) in [6.07, 6.45) is 3.11. The Bertz CT molecular complexity index is 909. The van der Waals surface area contributed by atoms with Gasteiger partial charge in [-0.15, -0.1) is 11.3 Å². The molecule has 1 aromatic carbocycles. The first-order valence-corrected chi connectivity index (χ1v) is 7.80. The largest absolute Gasteiger partial charge is 0.347 e. The van der Waals surface area contributed by atoms with Gasteiger partial charge in [-0.05, 0) is 25.1 Å². The molecule has 0 spiro atoms. The maximum Gasteiger partial charge on any atom is 0.251 e. The Morgan fingerprint density at radius 3 is 2.96 bits per heavy atom. The fraction of sp³-hybridized carbons (Fsp3) is 0.125. The van der Waals surface area contributed by atoms with Gasteiger partial charge in [0.15, 0.2) is 0 Å². The standard InChI is InChI=1S/C16H14N4O2S/c1-10-18-11(8-15(22)19-10)9-17-14(21)6-7-16-20-12-4-2-3-5-13(12)23-16/h2-8H,9H2,1H3,(H,17,21)(H,18,19,22). The lowest BCUT2D eigenvalue weighted by Crippen LogP contribution is -2.22. The molecular weight excluding hydrogens is 312 g/mol. The lowest BCUT2D eigenvalue weighted by atomic mass is 10.3. The van der Waals surface area contributed by atoms with Gasteiger partial charge in [0.25, 0.3) is 5.56 Å². The number of nitrogens with one attached hydrogen (secondary N) is 2. The average Bonchev–Trinajstić information content (AvgIpc) is 2.93. The Kier molecular flexibility index (Phi) is 4.29. The number of H-pyrrole nitrogens is 1. The van der Waals surface area contributed by atoms with Crippen molar-refractivity contribution in [2.24, 2.45) is 0 Å². The Morgan fingerprint density at radius 2 is 2.17 bits per heavy atom. The summed E-state index contributed by atoms with van der Waals surface area (Å²) >= 11 is 1.52. The summed E-state index contributed by atoms with van der Waals surface area (Å²) in [4.78, 5) is 34.3. The molecule has 3 aromatic rings. The highest BCUT2D eigenvalue weighted by Gasteiger charge is 2.02. The van der Waals surface area contributed by atoms with Gasteiger partial charge in [0.2, 0.25) is 5.91 Å². The molecule has 0 saturated heterocycles. The van der Waals surface area contributed by atoms with Gasteiger partial charge in [-0.25, -0.2) is 9.97 Å². The third-order valence-electron chi connectivity index (χ3n) is 3.04. The van der Waals surface area contributed by atoms with Crippen LogP contribution in [0.5, 0.6) is 0 Å². The summed E-state index contributed by atoms with van der Waals surface area (Å²) in [7, 11) is 0. The van der Waals surface area contributed by atoms with Gasteiger partial charge < -0.3 is 10.3 Å². The second-order valence-electron chi connectivity index (χ2n) is 4.89. The van der Waals surface area contributed by atoms with E-state index < -0.39 is 0 Å². The van der Waals surface area contributed by atoms with Crippen LogP contribution in [0.4, 0.5) is 0 Å². The molecule has 6 nitrogen and oxygen atoms in total. The molecule has 0 fully saturated rings. The molecule has 0 radical (unpaired) electrons. The number of carbonyl (C=O) groups is 1. The molecule has 0 aliphatic heterocycles. The molecule has 0 saturated carbocycles. The molecule has 0 aliphatic carbocycles. The SMILES string of the molecule is Cc1nc(CNC(=O)C=Cc2nc3ccccc3s2)cc(=O)[nH]1. The molecule has 2 aromatic heterocycles. The van der Waals surface area contributed by atoms with Crippen molar-refractivity contribution in [2.75, 3.05) is 0 Å². The quantitative estimate of drug-likeness (QED) is 0.718. The predicted molar refractivity (Wildman–Crippen MR) is 90.1 cm³/mol. The predicted octanol–water partition coefficient (Wildman–Crippen LogP) is 2.02. The van der Waals surface area contributed by atoms with E-state index in [0.717, 1.165) is 15.2 Å². The van der Waals surface area contributed by atoms with E-state index >= 15 is 0 Å². The maximum absolute atomic E-state index is 11.8. The van der Waals surface area contributed by atoms with Gasteiger partial charge in [0.05, 0.1) is 22.5 Å². The molecule has 116 valence electrons. The van der Waals surface area contributed by atoms with Crippen LogP contribution in [-0.4, -0.2) is 20.9 Å². The summed E-state index contributed by atoms with van der Waals surface area (Å²) in [6.45, 7) is 1.90. The molecule has 1 amide bonds. The van der Waals surface area contributed by atoms with Crippen LogP contribution in [0.15, 0.2) is 41.2 Å². The van der Waals surface area contributed by atoms with E-state index in [1.807, 2.05) is 24.3 Å². The molecule has 0 aliphatic rings. The number of nitrogens with zero attached hydrogens (tertiary/aromatic N) is 2. The zero-order valence-corrected chi connectivity index (χ0v) is 13.2. The van der Waals surface area contributed by atoms with Crippen molar-refractivity contribution in [1.29, 1.82) is 0 Å². The van der Waals surface area contributed by atoms with Crippen molar-refractivity contribution in [3.8, 4) is 0 Å². The Hall–Kier alpha value is -2.80. The molecule has 7 heteroatoms. The topological polar surface area (TPSA) is 87.7 Å². The van der Waals surface area contributed by atoms with Crippen molar-refractivity contribution < 1.29 is 4.79 Å². The summed E-state index contributed by atoms with van der Waals surface area (Å²) in [6, 6.07) is 9.18. The minimum Gasteiger partial charge on any atom is -0.347 e. The Balaban J connectivity index is 1.63. The van der Waals surface area contributed by atoms with Gasteiger partial charge in [0, 0.05) is 12.1 Å². The molecular formula is C16H14N4O2S. The van der Waals surface area contributed by atoms with Gasteiger partial charge in [0.1, 0.15) is 10.8 Å². The average molecular weight is 326 g/mol. The van der Waals surface area contributed by atoms with Crippen LogP contribution in [0.1, 0.15) is 16.5 Å². The smallest absolute Gasteiger partial charge is 0.251 e. The number of aromatic nitrogens is 3. The lowest BCUT2D eigenvalue weighted by Gasteiger charge is -2.02. The maximum atomic E-state index is 11.8. The van der Waals surface area contributed by atoms with Crippen molar-refractivity contribution in [1.82, 2.24) is 20.3 Å². The Morgan fingerprint density at radius 1 is 1.35 bits per heavy atom. The first-order valence-electron chi connectivity index (χ1n) is 6.98. The number of thiazole rings is 1. The number of para-hydroxylation sites is 1. The molecule has 23 heavy (non-hydrogen) atoms. The van der Waals surface area contributed by atoms with Crippen LogP contribution in [-0.2, 0) is 11.3 Å². The molecule has 2 heterocycles. The van der Waals surface area contributed by atoms with Crippen LogP contribution in [0.2, 0.25) is 0 Å². The van der Waals surface area contributed by atoms with E-state index in [4.69, 9.17) is 0 Å². The highest BCUT2D eigenvalue weighted by atomic mass is 32.1. The van der Waals surface area contributed by atoms with Crippen LogP contribution in [0.3, 0.4) is 0 Å². The van der Waals surface area contributed by atoms with Gasteiger partial charge in [-0.2, -0.15) is 0 Å². The first-order chi connectivity index (χ1) is 11.1. The molecule has 0 atom stereocenters. The number of aromatic amines is 1. The number of hydrogen-bond donors (Lipinski definition) is 2. The monoisotopic (exact) mass is 326 g/mol. The second kappa shape index (κ2) is 6.53. The van der Waals surface area contributed by atoms with Crippen LogP contribution >= 0.6 is 11.3 Å². The van der Waals surface area contributed by atoms with E-state index in [9.17, 15) is 9.59 Å². The van der Waals surface area contributed by atoms with Crippen molar-refractivity contribution in [3.63, 3.8) is 0 Å². The van der Waals surface area contributed by atoms with Crippen molar-refractivity contribution >= 4 is 33.5 Å². The number of carbonyl (C=O) groups excluding carboxylic acids is 1. The van der Waals surface area contributed by atoms with Crippen molar-refractivity contribution in [3.05, 3.63) is 63.3 Å². The lowest BCUT2D eigenvalue weighted by molar-refractivity contribution is -0.116. The van der Waals surface area contributed by atoms with Gasteiger partial charge in [-0.3, -0.25) is 9.59 Å². The number of amides is 1. The van der Waals surface area contributed by atoms with E-state index in [2.05, 4.69) is 20.3 Å². The summed E-state index contributed by atoms with van der Waals surface area (Å²) in [5.41, 5.74) is 1.21. The van der Waals surface area contributed by atoms with Crippen LogP contribution in [0.25, 0.3) is 16.3 Å². The van der Waals surface area contributed by atoms with Gasteiger partial charge in [-0.1, -0.05) is 12.1 Å². The summed E-state index contributed by atoms with van der Waals surface area (Å²) in [5.74, 6) is 0.260. The molecule has 3 rings (SSSR count). The number of rotatable bonds is 4.